The summed E-state index contributed by atoms with van der Waals surface area (Å²) >= 11 is 1.72. The summed E-state index contributed by atoms with van der Waals surface area (Å²) in [5, 5.41) is 4.43. The first-order chi connectivity index (χ1) is 8.58. The molecule has 18 heavy (non-hydrogen) atoms. The molecule has 0 fully saturated rings. The molecule has 0 aliphatic heterocycles. The van der Waals surface area contributed by atoms with Gasteiger partial charge in [0, 0.05) is 30.2 Å². The van der Waals surface area contributed by atoms with E-state index in [1.807, 2.05) is 19.2 Å². The fourth-order valence-corrected chi connectivity index (χ4v) is 2.37. The molecule has 0 saturated heterocycles. The molecule has 4 heteroatoms. The van der Waals surface area contributed by atoms with Crippen LogP contribution in [0.4, 0.5) is 0 Å². The van der Waals surface area contributed by atoms with Gasteiger partial charge in [0.2, 0.25) is 0 Å². The summed E-state index contributed by atoms with van der Waals surface area (Å²) in [5.41, 5.74) is 1.03. The third-order valence-electron chi connectivity index (χ3n) is 2.78. The molecule has 3 nitrogen and oxygen atoms in total. The van der Waals surface area contributed by atoms with Gasteiger partial charge in [-0.1, -0.05) is 25.6 Å². The Kier molecular flexibility index (Phi) is 7.28. The topological polar surface area (TPSA) is 37.8 Å². The van der Waals surface area contributed by atoms with Crippen molar-refractivity contribution >= 4 is 11.8 Å². The van der Waals surface area contributed by atoms with Crippen molar-refractivity contribution in [3.63, 3.8) is 0 Å². The Hall–Kier alpha value is -0.610. The van der Waals surface area contributed by atoms with Gasteiger partial charge in [0.05, 0.1) is 0 Å². The van der Waals surface area contributed by atoms with Gasteiger partial charge in [-0.3, -0.25) is 0 Å². The summed E-state index contributed by atoms with van der Waals surface area (Å²) in [6.45, 7) is 9.82. The van der Waals surface area contributed by atoms with Gasteiger partial charge >= 0.3 is 0 Å². The van der Waals surface area contributed by atoms with Crippen LogP contribution < -0.4 is 5.32 Å². The number of aromatic nitrogens is 2. The van der Waals surface area contributed by atoms with Crippen molar-refractivity contribution in [2.24, 2.45) is 5.92 Å². The number of hydrogen-bond donors (Lipinski definition) is 1. The van der Waals surface area contributed by atoms with Crippen LogP contribution in [-0.4, -0.2) is 28.3 Å². The minimum Gasteiger partial charge on any atom is -0.313 e. The van der Waals surface area contributed by atoms with Crippen LogP contribution >= 0.6 is 11.8 Å². The Morgan fingerprint density at radius 3 is 2.72 bits per heavy atom. The molecular weight excluding hydrogens is 242 g/mol. The molecule has 0 aromatic carbocycles. The van der Waals surface area contributed by atoms with Gasteiger partial charge in [-0.2, -0.15) is 0 Å². The minimum absolute atomic E-state index is 0.603. The van der Waals surface area contributed by atoms with E-state index in [9.17, 15) is 0 Å². The van der Waals surface area contributed by atoms with Gasteiger partial charge in [0.1, 0.15) is 0 Å². The average Bonchev–Trinajstić information content (AvgIpc) is 2.32. The summed E-state index contributed by atoms with van der Waals surface area (Å²) in [7, 11) is 0. The van der Waals surface area contributed by atoms with E-state index in [2.05, 4.69) is 36.1 Å². The van der Waals surface area contributed by atoms with Gasteiger partial charge in [0.25, 0.3) is 0 Å². The van der Waals surface area contributed by atoms with Crippen LogP contribution in [0.5, 0.6) is 0 Å². The summed E-state index contributed by atoms with van der Waals surface area (Å²) in [4.78, 5) is 8.61. The van der Waals surface area contributed by atoms with E-state index < -0.39 is 0 Å². The third kappa shape index (κ3) is 6.97. The van der Waals surface area contributed by atoms with Gasteiger partial charge in [-0.05, 0) is 38.7 Å². The predicted molar refractivity (Wildman–Crippen MR) is 79.0 cm³/mol. The SMILES string of the molecule is Cc1ccnc(SCCNC(C)CCC(C)C)n1. The first-order valence-electron chi connectivity index (χ1n) is 6.73. The smallest absolute Gasteiger partial charge is 0.187 e. The second-order valence-electron chi connectivity index (χ2n) is 5.16. The van der Waals surface area contributed by atoms with Crippen molar-refractivity contribution in [3.8, 4) is 0 Å². The second kappa shape index (κ2) is 8.48. The van der Waals surface area contributed by atoms with Crippen LogP contribution in [0.25, 0.3) is 0 Å². The second-order valence-corrected chi connectivity index (χ2v) is 6.22. The molecule has 0 aliphatic rings. The first-order valence-corrected chi connectivity index (χ1v) is 7.72. The molecule has 0 amide bonds. The number of nitrogens with one attached hydrogen (secondary N) is 1. The molecule has 0 bridgehead atoms. The molecule has 1 aromatic rings. The lowest BCUT2D eigenvalue weighted by molar-refractivity contribution is 0.460. The molecule has 1 N–H and O–H groups in total. The Balaban J connectivity index is 2.11. The van der Waals surface area contributed by atoms with Gasteiger partial charge in [-0.15, -0.1) is 0 Å². The van der Waals surface area contributed by atoms with Crippen molar-refractivity contribution in [2.75, 3.05) is 12.3 Å². The largest absolute Gasteiger partial charge is 0.313 e. The summed E-state index contributed by atoms with van der Waals surface area (Å²) in [6, 6.07) is 2.53. The third-order valence-corrected chi connectivity index (χ3v) is 3.64. The Morgan fingerprint density at radius 1 is 1.28 bits per heavy atom. The van der Waals surface area contributed by atoms with Gasteiger partial charge in [-0.25, -0.2) is 9.97 Å². The van der Waals surface area contributed by atoms with E-state index in [0.29, 0.717) is 6.04 Å². The van der Waals surface area contributed by atoms with E-state index in [1.54, 1.807) is 11.8 Å². The van der Waals surface area contributed by atoms with Crippen LogP contribution in [0, 0.1) is 12.8 Å². The predicted octanol–water partition coefficient (Wildman–Crippen LogP) is 3.29. The zero-order valence-corrected chi connectivity index (χ0v) is 12.8. The highest BCUT2D eigenvalue weighted by Crippen LogP contribution is 2.11. The monoisotopic (exact) mass is 267 g/mol. The maximum absolute atomic E-state index is 4.37. The number of aryl methyl sites for hydroxylation is 1. The van der Waals surface area contributed by atoms with E-state index in [4.69, 9.17) is 0 Å². The number of nitrogens with zero attached hydrogens (tertiary/aromatic N) is 2. The van der Waals surface area contributed by atoms with Crippen LogP contribution in [0.3, 0.4) is 0 Å². The van der Waals surface area contributed by atoms with Crippen LogP contribution in [0.2, 0.25) is 0 Å². The Labute approximate surface area is 115 Å². The van der Waals surface area contributed by atoms with Crippen molar-refractivity contribution < 1.29 is 0 Å². The maximum atomic E-state index is 4.37. The van der Waals surface area contributed by atoms with Crippen LogP contribution in [0.15, 0.2) is 17.4 Å². The van der Waals surface area contributed by atoms with Crippen molar-refractivity contribution in [1.82, 2.24) is 15.3 Å². The first kappa shape index (κ1) is 15.4. The standard InChI is InChI=1S/C14H25N3S/c1-11(2)5-6-12(3)15-9-10-18-14-16-8-7-13(4)17-14/h7-8,11-12,15H,5-6,9-10H2,1-4H3. The quantitative estimate of drug-likeness (QED) is 0.445. The van der Waals surface area contributed by atoms with Crippen LogP contribution in [-0.2, 0) is 0 Å². The lowest BCUT2D eigenvalue weighted by atomic mass is 10.0. The minimum atomic E-state index is 0.603. The number of hydrogen-bond acceptors (Lipinski definition) is 4. The fourth-order valence-electron chi connectivity index (χ4n) is 1.63. The highest BCUT2D eigenvalue weighted by molar-refractivity contribution is 7.99. The van der Waals surface area contributed by atoms with E-state index in [-0.39, 0.29) is 0 Å². The lowest BCUT2D eigenvalue weighted by Gasteiger charge is -2.14. The Morgan fingerprint density at radius 2 is 2.06 bits per heavy atom. The van der Waals surface area contributed by atoms with Gasteiger partial charge < -0.3 is 5.32 Å². The fraction of sp³-hybridized carbons (Fsp3) is 0.714. The van der Waals surface area contributed by atoms with Crippen LogP contribution in [0.1, 0.15) is 39.3 Å². The maximum Gasteiger partial charge on any atom is 0.187 e. The van der Waals surface area contributed by atoms with E-state index in [0.717, 1.165) is 29.1 Å². The number of rotatable bonds is 8. The average molecular weight is 267 g/mol. The molecule has 0 aliphatic carbocycles. The molecule has 1 rings (SSSR count). The highest BCUT2D eigenvalue weighted by atomic mass is 32.2. The Bertz CT molecular complexity index is 342. The van der Waals surface area contributed by atoms with E-state index >= 15 is 0 Å². The molecular formula is C14H25N3S. The molecule has 1 heterocycles. The summed E-state index contributed by atoms with van der Waals surface area (Å²) in [6.07, 6.45) is 4.37. The van der Waals surface area contributed by atoms with E-state index in [1.165, 1.54) is 12.8 Å². The van der Waals surface area contributed by atoms with Gasteiger partial charge in [0.15, 0.2) is 5.16 Å². The van der Waals surface area contributed by atoms with Crippen molar-refractivity contribution in [2.45, 2.75) is 51.7 Å². The number of thioether (sulfide) groups is 1. The zero-order chi connectivity index (χ0) is 13.4. The van der Waals surface area contributed by atoms with Crippen molar-refractivity contribution in [1.29, 1.82) is 0 Å². The molecule has 1 aromatic heterocycles. The summed E-state index contributed by atoms with van der Waals surface area (Å²) in [5.74, 6) is 1.82. The summed E-state index contributed by atoms with van der Waals surface area (Å²) < 4.78 is 0. The highest BCUT2D eigenvalue weighted by Gasteiger charge is 2.03. The molecule has 1 unspecified atom stereocenters. The molecule has 102 valence electrons. The molecule has 0 saturated carbocycles. The normalized spacial score (nSPS) is 12.9. The lowest BCUT2D eigenvalue weighted by Crippen LogP contribution is -2.28. The molecule has 0 spiro atoms. The zero-order valence-electron chi connectivity index (χ0n) is 11.9. The molecule has 0 radical (unpaired) electrons. The molecule has 1 atom stereocenters. The van der Waals surface area contributed by atoms with Crippen molar-refractivity contribution in [3.05, 3.63) is 18.0 Å².